The van der Waals surface area contributed by atoms with Crippen molar-refractivity contribution in [2.24, 2.45) is 0 Å². The van der Waals surface area contributed by atoms with Gasteiger partial charge in [-0.25, -0.2) is 9.37 Å². The van der Waals surface area contributed by atoms with Gasteiger partial charge in [-0.2, -0.15) is 0 Å². The summed E-state index contributed by atoms with van der Waals surface area (Å²) in [5, 5.41) is 5.66. The first kappa shape index (κ1) is 14.9. The third-order valence-electron chi connectivity index (χ3n) is 4.65. The predicted molar refractivity (Wildman–Crippen MR) is 84.9 cm³/mol. The summed E-state index contributed by atoms with van der Waals surface area (Å²) in [7, 11) is 0. The summed E-state index contributed by atoms with van der Waals surface area (Å²) < 4.78 is 15.4. The number of hydrogen-bond donors (Lipinski definition) is 2. The molecule has 0 saturated carbocycles. The van der Waals surface area contributed by atoms with Crippen molar-refractivity contribution in [2.45, 2.75) is 37.8 Å². The molecule has 0 radical (unpaired) electrons. The molecular weight excluding hydrogens is 311 g/mol. The Balaban J connectivity index is 1.52. The Labute approximate surface area is 138 Å². The minimum Gasteiger partial charge on any atom is -0.351 e. The average Bonchev–Trinajstić information content (AvgIpc) is 3.01. The lowest BCUT2D eigenvalue weighted by atomic mass is 9.89. The van der Waals surface area contributed by atoms with Gasteiger partial charge in [-0.3, -0.25) is 9.59 Å². The SMILES string of the molecule is O=C1C[C@@H](C(=O)N[C@H]2CCc3nccn3C2)c2ccc(F)cc2N1. The molecule has 2 amide bonds. The Morgan fingerprint density at radius 2 is 2.29 bits per heavy atom. The molecule has 124 valence electrons. The number of aryl methyl sites for hydroxylation is 1. The first-order valence-corrected chi connectivity index (χ1v) is 8.00. The molecular formula is C17H17FN4O2. The van der Waals surface area contributed by atoms with Crippen LogP contribution in [-0.2, 0) is 22.6 Å². The second kappa shape index (κ2) is 5.74. The van der Waals surface area contributed by atoms with E-state index in [2.05, 4.69) is 15.6 Å². The average molecular weight is 328 g/mol. The highest BCUT2D eigenvalue weighted by atomic mass is 19.1. The highest BCUT2D eigenvalue weighted by Crippen LogP contribution is 2.33. The molecule has 1 aromatic heterocycles. The maximum atomic E-state index is 13.4. The zero-order chi connectivity index (χ0) is 16.7. The predicted octanol–water partition coefficient (Wildman–Crippen LogP) is 1.58. The van der Waals surface area contributed by atoms with Gasteiger partial charge < -0.3 is 15.2 Å². The van der Waals surface area contributed by atoms with Crippen molar-refractivity contribution in [1.29, 1.82) is 0 Å². The highest BCUT2D eigenvalue weighted by Gasteiger charge is 2.32. The summed E-state index contributed by atoms with van der Waals surface area (Å²) in [6.45, 7) is 0.677. The van der Waals surface area contributed by atoms with Crippen LogP contribution in [0.25, 0.3) is 0 Å². The third-order valence-corrected chi connectivity index (χ3v) is 4.65. The van der Waals surface area contributed by atoms with Crippen LogP contribution in [0.2, 0.25) is 0 Å². The van der Waals surface area contributed by atoms with Crippen LogP contribution in [0.1, 0.15) is 30.1 Å². The van der Waals surface area contributed by atoms with E-state index in [4.69, 9.17) is 0 Å². The smallest absolute Gasteiger partial charge is 0.228 e. The van der Waals surface area contributed by atoms with E-state index < -0.39 is 11.7 Å². The fourth-order valence-electron chi connectivity index (χ4n) is 3.46. The molecule has 0 saturated heterocycles. The molecule has 2 N–H and O–H groups in total. The van der Waals surface area contributed by atoms with E-state index in [1.807, 2.05) is 10.8 Å². The lowest BCUT2D eigenvalue weighted by molar-refractivity contribution is -0.127. The lowest BCUT2D eigenvalue weighted by Gasteiger charge is -2.29. The molecule has 0 unspecified atom stereocenters. The molecule has 2 aromatic rings. The van der Waals surface area contributed by atoms with E-state index in [0.29, 0.717) is 17.8 Å². The number of nitrogens with one attached hydrogen (secondary N) is 2. The number of aromatic nitrogens is 2. The van der Waals surface area contributed by atoms with Crippen LogP contribution in [0.5, 0.6) is 0 Å². The van der Waals surface area contributed by atoms with Crippen molar-refractivity contribution < 1.29 is 14.0 Å². The Bertz CT molecular complexity index is 817. The van der Waals surface area contributed by atoms with Crippen LogP contribution in [0.4, 0.5) is 10.1 Å². The summed E-state index contributed by atoms with van der Waals surface area (Å²) >= 11 is 0. The van der Waals surface area contributed by atoms with Gasteiger partial charge in [0.25, 0.3) is 0 Å². The quantitative estimate of drug-likeness (QED) is 0.879. The number of halogens is 1. The molecule has 3 heterocycles. The Hall–Kier alpha value is -2.70. The fourth-order valence-corrected chi connectivity index (χ4v) is 3.46. The number of benzene rings is 1. The van der Waals surface area contributed by atoms with E-state index in [9.17, 15) is 14.0 Å². The summed E-state index contributed by atoms with van der Waals surface area (Å²) in [4.78, 5) is 28.8. The second-order valence-electron chi connectivity index (χ2n) is 6.28. The molecule has 4 rings (SSSR count). The molecule has 0 aliphatic carbocycles. The zero-order valence-electron chi connectivity index (χ0n) is 13.0. The monoisotopic (exact) mass is 328 g/mol. The summed E-state index contributed by atoms with van der Waals surface area (Å²) in [6.07, 6.45) is 5.37. The van der Waals surface area contributed by atoms with E-state index >= 15 is 0 Å². The molecule has 24 heavy (non-hydrogen) atoms. The molecule has 2 aliphatic rings. The van der Waals surface area contributed by atoms with Gasteiger partial charge in [0.15, 0.2) is 0 Å². The lowest BCUT2D eigenvalue weighted by Crippen LogP contribution is -2.44. The van der Waals surface area contributed by atoms with Gasteiger partial charge in [0.1, 0.15) is 11.6 Å². The van der Waals surface area contributed by atoms with Crippen LogP contribution in [0, 0.1) is 5.82 Å². The van der Waals surface area contributed by atoms with E-state index in [0.717, 1.165) is 18.7 Å². The number of hydrogen-bond acceptors (Lipinski definition) is 3. The fraction of sp³-hybridized carbons (Fsp3) is 0.353. The van der Waals surface area contributed by atoms with Gasteiger partial charge >= 0.3 is 0 Å². The van der Waals surface area contributed by atoms with Gasteiger partial charge in [0.05, 0.1) is 5.92 Å². The number of carbonyl (C=O) groups excluding carboxylic acids is 2. The zero-order valence-corrected chi connectivity index (χ0v) is 13.0. The minimum atomic E-state index is -0.585. The molecule has 0 spiro atoms. The van der Waals surface area contributed by atoms with E-state index in [-0.39, 0.29) is 24.3 Å². The molecule has 0 bridgehead atoms. The van der Waals surface area contributed by atoms with Crippen LogP contribution < -0.4 is 10.6 Å². The van der Waals surface area contributed by atoms with Crippen molar-refractivity contribution in [3.05, 3.63) is 47.8 Å². The van der Waals surface area contributed by atoms with E-state index in [1.165, 1.54) is 12.1 Å². The summed E-state index contributed by atoms with van der Waals surface area (Å²) in [6, 6.07) is 4.15. The highest BCUT2D eigenvalue weighted by molar-refractivity contribution is 6.01. The van der Waals surface area contributed by atoms with Gasteiger partial charge in [0, 0.05) is 43.5 Å². The van der Waals surface area contributed by atoms with E-state index in [1.54, 1.807) is 12.3 Å². The largest absolute Gasteiger partial charge is 0.351 e. The van der Waals surface area contributed by atoms with Gasteiger partial charge in [-0.05, 0) is 24.1 Å². The number of amides is 2. The van der Waals surface area contributed by atoms with Gasteiger partial charge in [0.2, 0.25) is 11.8 Å². The number of rotatable bonds is 2. The maximum absolute atomic E-state index is 13.4. The minimum absolute atomic E-state index is 0.00749. The van der Waals surface area contributed by atoms with Crippen LogP contribution >= 0.6 is 0 Å². The Morgan fingerprint density at radius 3 is 3.17 bits per heavy atom. The van der Waals surface area contributed by atoms with Crippen molar-refractivity contribution in [1.82, 2.24) is 14.9 Å². The second-order valence-corrected chi connectivity index (χ2v) is 6.28. The first-order valence-electron chi connectivity index (χ1n) is 8.00. The topological polar surface area (TPSA) is 76.0 Å². The van der Waals surface area contributed by atoms with Crippen LogP contribution in [0.3, 0.4) is 0 Å². The molecule has 6 nitrogen and oxygen atoms in total. The number of fused-ring (bicyclic) bond motifs is 2. The molecule has 0 fully saturated rings. The maximum Gasteiger partial charge on any atom is 0.228 e. The van der Waals surface area contributed by atoms with Crippen molar-refractivity contribution in [2.75, 3.05) is 5.32 Å². The number of carbonyl (C=O) groups is 2. The summed E-state index contributed by atoms with van der Waals surface area (Å²) in [5.74, 6) is -0.452. The third kappa shape index (κ3) is 2.66. The van der Waals surface area contributed by atoms with Crippen molar-refractivity contribution >= 4 is 17.5 Å². The van der Waals surface area contributed by atoms with Crippen LogP contribution in [-0.4, -0.2) is 27.4 Å². The molecule has 1 aromatic carbocycles. The summed E-state index contributed by atoms with van der Waals surface area (Å²) in [5.41, 5.74) is 1.04. The van der Waals surface area contributed by atoms with Crippen LogP contribution in [0.15, 0.2) is 30.6 Å². The van der Waals surface area contributed by atoms with Gasteiger partial charge in [-0.15, -0.1) is 0 Å². The van der Waals surface area contributed by atoms with Crippen molar-refractivity contribution in [3.63, 3.8) is 0 Å². The molecule has 7 heteroatoms. The number of nitrogens with zero attached hydrogens (tertiary/aromatic N) is 2. The molecule has 2 atom stereocenters. The van der Waals surface area contributed by atoms with Crippen molar-refractivity contribution in [3.8, 4) is 0 Å². The molecule has 2 aliphatic heterocycles. The number of imidazole rings is 1. The standard InChI is InChI=1S/C17H17FN4O2/c18-10-1-3-12-13(8-16(23)21-14(12)7-10)17(24)20-11-2-4-15-19-5-6-22(15)9-11/h1,3,5-7,11,13H,2,4,8-9H2,(H,20,24)(H,21,23)/t11-,13+/m0/s1. The van der Waals surface area contributed by atoms with Gasteiger partial charge in [-0.1, -0.05) is 6.07 Å². The first-order chi connectivity index (χ1) is 11.6. The Morgan fingerprint density at radius 1 is 1.42 bits per heavy atom. The number of anilines is 1. The normalized spacial score (nSPS) is 22.3. The Kier molecular flexibility index (Phi) is 3.55.